The quantitative estimate of drug-likeness (QED) is 0.430. The lowest BCUT2D eigenvalue weighted by Gasteiger charge is -1.96. The minimum absolute atomic E-state index is 1.08. The van der Waals surface area contributed by atoms with Crippen LogP contribution in [-0.2, 0) is 0 Å². The molecule has 0 aliphatic heterocycles. The fourth-order valence-electron chi connectivity index (χ4n) is 1.71. The van der Waals surface area contributed by atoms with E-state index in [2.05, 4.69) is 11.8 Å². The van der Waals surface area contributed by atoms with Crippen molar-refractivity contribution in [1.29, 1.82) is 0 Å². The van der Waals surface area contributed by atoms with E-state index in [1.54, 1.807) is 0 Å². The molecular weight excluding hydrogens is 108 g/mol. The van der Waals surface area contributed by atoms with Crippen LogP contribution in [0.3, 0.4) is 0 Å². The molecule has 2 aliphatic rings. The maximum absolute atomic E-state index is 3.19. The molecule has 0 amide bonds. The minimum atomic E-state index is 1.08. The molecule has 1 saturated carbocycles. The molecule has 9 heavy (non-hydrogen) atoms. The first kappa shape index (κ1) is 5.35. The van der Waals surface area contributed by atoms with Crippen molar-refractivity contribution in [3.05, 3.63) is 0 Å². The molecule has 0 aromatic rings. The van der Waals surface area contributed by atoms with Crippen LogP contribution in [0.5, 0.6) is 0 Å². The summed E-state index contributed by atoms with van der Waals surface area (Å²) in [5.41, 5.74) is 0. The first-order valence-corrected chi connectivity index (χ1v) is 3.92. The lowest BCUT2D eigenvalue weighted by atomic mass is 10.1. The zero-order valence-corrected chi connectivity index (χ0v) is 5.69. The van der Waals surface area contributed by atoms with Crippen molar-refractivity contribution in [2.75, 3.05) is 0 Å². The lowest BCUT2D eigenvalue weighted by molar-refractivity contribution is 0.618. The monoisotopic (exact) mass is 120 g/mol. The normalized spacial score (nSPS) is 39.1. The number of rotatable bonds is 0. The fourth-order valence-corrected chi connectivity index (χ4v) is 1.71. The number of hydrogen-bond donors (Lipinski definition) is 0. The molecule has 0 nitrogen and oxygen atoms in total. The first-order chi connectivity index (χ1) is 4.47. The smallest absolute Gasteiger partial charge is 0.00914 e. The molecule has 0 unspecified atom stereocenters. The first-order valence-electron chi connectivity index (χ1n) is 3.92. The number of hydrogen-bond acceptors (Lipinski definition) is 0. The third-order valence-corrected chi connectivity index (χ3v) is 2.47. The average molecular weight is 120 g/mol. The summed E-state index contributed by atoms with van der Waals surface area (Å²) in [6.07, 6.45) is 6.61. The Morgan fingerprint density at radius 1 is 0.889 bits per heavy atom. The van der Waals surface area contributed by atoms with Gasteiger partial charge in [0.05, 0.1) is 0 Å². The van der Waals surface area contributed by atoms with Gasteiger partial charge in [0.15, 0.2) is 0 Å². The topological polar surface area (TPSA) is 0 Å². The van der Waals surface area contributed by atoms with E-state index < -0.39 is 0 Å². The Labute approximate surface area is 56.6 Å². The van der Waals surface area contributed by atoms with E-state index in [4.69, 9.17) is 0 Å². The summed E-state index contributed by atoms with van der Waals surface area (Å²) in [5.74, 6) is 8.55. The van der Waals surface area contributed by atoms with Gasteiger partial charge in [-0.15, -0.1) is 11.8 Å². The van der Waals surface area contributed by atoms with Crippen LogP contribution >= 0.6 is 0 Å². The maximum Gasteiger partial charge on any atom is 0.00914 e. The van der Waals surface area contributed by atoms with Crippen molar-refractivity contribution in [3.63, 3.8) is 0 Å². The highest BCUT2D eigenvalue weighted by Crippen LogP contribution is 2.45. The van der Waals surface area contributed by atoms with E-state index >= 15 is 0 Å². The summed E-state index contributed by atoms with van der Waals surface area (Å²) >= 11 is 0. The second-order valence-corrected chi connectivity index (χ2v) is 3.19. The molecule has 2 aliphatic carbocycles. The van der Waals surface area contributed by atoms with Crippen LogP contribution in [0.15, 0.2) is 0 Å². The molecule has 1 fully saturated rings. The van der Waals surface area contributed by atoms with Crippen LogP contribution in [0.2, 0.25) is 0 Å². The van der Waals surface area contributed by atoms with Crippen LogP contribution in [0, 0.1) is 23.7 Å². The van der Waals surface area contributed by atoms with Crippen LogP contribution in [0.25, 0.3) is 0 Å². The summed E-state index contributed by atoms with van der Waals surface area (Å²) in [6.45, 7) is 0. The van der Waals surface area contributed by atoms with Gasteiger partial charge in [0, 0.05) is 12.8 Å². The van der Waals surface area contributed by atoms with Crippen molar-refractivity contribution in [1.82, 2.24) is 0 Å². The third-order valence-electron chi connectivity index (χ3n) is 2.47. The van der Waals surface area contributed by atoms with E-state index in [0.717, 1.165) is 11.8 Å². The highest BCUT2D eigenvalue weighted by atomic mass is 14.4. The highest BCUT2D eigenvalue weighted by Gasteiger charge is 2.35. The highest BCUT2D eigenvalue weighted by molar-refractivity contribution is 5.04. The largest absolute Gasteiger partial charge is 0.103 e. The molecule has 2 atom stereocenters. The van der Waals surface area contributed by atoms with Gasteiger partial charge < -0.3 is 0 Å². The molecule has 0 heteroatoms. The summed E-state index contributed by atoms with van der Waals surface area (Å²) in [7, 11) is 0. The fraction of sp³-hybridized carbons (Fsp3) is 0.778. The van der Waals surface area contributed by atoms with Gasteiger partial charge in [0.1, 0.15) is 0 Å². The van der Waals surface area contributed by atoms with Crippen molar-refractivity contribution in [2.45, 2.75) is 32.1 Å². The average Bonchev–Trinajstić information content (AvgIpc) is 2.46. The third kappa shape index (κ3) is 1.10. The van der Waals surface area contributed by atoms with Gasteiger partial charge >= 0.3 is 0 Å². The van der Waals surface area contributed by atoms with Crippen LogP contribution in [-0.4, -0.2) is 0 Å². The molecule has 0 radical (unpaired) electrons. The standard InChI is InChI=1S/C9H12/c1-2-4-6-9-7-8(9)5-3-1/h8-9H,3-7H2/t8-,9+. The molecule has 48 valence electrons. The SMILES string of the molecule is C1#CCC[C@H]2C[C@H]2CC1. The van der Waals surface area contributed by atoms with Crippen molar-refractivity contribution < 1.29 is 0 Å². The van der Waals surface area contributed by atoms with Gasteiger partial charge in [0.2, 0.25) is 0 Å². The number of fused-ring (bicyclic) bond motifs is 1. The van der Waals surface area contributed by atoms with Crippen molar-refractivity contribution in [3.8, 4) is 11.8 Å². The molecule has 0 heterocycles. The zero-order chi connectivity index (χ0) is 6.10. The Hall–Kier alpha value is -0.440. The van der Waals surface area contributed by atoms with Gasteiger partial charge in [-0.1, -0.05) is 0 Å². The molecule has 0 N–H and O–H groups in total. The Kier molecular flexibility index (Phi) is 1.23. The van der Waals surface area contributed by atoms with Gasteiger partial charge in [-0.3, -0.25) is 0 Å². The summed E-state index contributed by atoms with van der Waals surface area (Å²) in [6, 6.07) is 0. The zero-order valence-electron chi connectivity index (χ0n) is 5.69. The summed E-state index contributed by atoms with van der Waals surface area (Å²) in [4.78, 5) is 0. The Morgan fingerprint density at radius 3 is 2.00 bits per heavy atom. The van der Waals surface area contributed by atoms with Gasteiger partial charge in [0.25, 0.3) is 0 Å². The molecular formula is C9H12. The van der Waals surface area contributed by atoms with E-state index in [9.17, 15) is 0 Å². The summed E-state index contributed by atoms with van der Waals surface area (Å²) in [5, 5.41) is 0. The minimum Gasteiger partial charge on any atom is -0.103 e. The van der Waals surface area contributed by atoms with Gasteiger partial charge in [-0.2, -0.15) is 0 Å². The molecule has 0 saturated heterocycles. The van der Waals surface area contributed by atoms with Crippen LogP contribution < -0.4 is 0 Å². The Bertz CT molecular complexity index is 143. The van der Waals surface area contributed by atoms with E-state index in [-0.39, 0.29) is 0 Å². The van der Waals surface area contributed by atoms with E-state index in [1.807, 2.05) is 0 Å². The van der Waals surface area contributed by atoms with Crippen molar-refractivity contribution in [2.24, 2.45) is 11.8 Å². The Morgan fingerprint density at radius 2 is 1.44 bits per heavy atom. The van der Waals surface area contributed by atoms with Crippen LogP contribution in [0.4, 0.5) is 0 Å². The van der Waals surface area contributed by atoms with Crippen LogP contribution in [0.1, 0.15) is 32.1 Å². The predicted molar refractivity (Wildman–Crippen MR) is 37.8 cm³/mol. The maximum atomic E-state index is 3.19. The van der Waals surface area contributed by atoms with E-state index in [0.29, 0.717) is 0 Å². The van der Waals surface area contributed by atoms with Gasteiger partial charge in [-0.25, -0.2) is 0 Å². The predicted octanol–water partition coefficient (Wildman–Crippen LogP) is 2.20. The molecule has 0 bridgehead atoms. The second kappa shape index (κ2) is 2.06. The second-order valence-electron chi connectivity index (χ2n) is 3.19. The molecule has 0 aromatic heterocycles. The van der Waals surface area contributed by atoms with E-state index in [1.165, 1.54) is 32.1 Å². The summed E-state index contributed by atoms with van der Waals surface area (Å²) < 4.78 is 0. The molecule has 0 aromatic carbocycles. The van der Waals surface area contributed by atoms with Gasteiger partial charge in [-0.05, 0) is 31.1 Å². The lowest BCUT2D eigenvalue weighted by Crippen LogP contribution is -1.85. The molecule has 2 rings (SSSR count). The molecule has 0 spiro atoms. The van der Waals surface area contributed by atoms with Crippen molar-refractivity contribution >= 4 is 0 Å². The Balaban J connectivity index is 1.95.